The highest BCUT2D eigenvalue weighted by atomic mass is 16.6. The predicted octanol–water partition coefficient (Wildman–Crippen LogP) is 2.41. The highest BCUT2D eigenvalue weighted by molar-refractivity contribution is 5.93. The van der Waals surface area contributed by atoms with Crippen LogP contribution in [0.4, 0.5) is 5.69 Å². The number of hydrogen-bond acceptors (Lipinski definition) is 7. The van der Waals surface area contributed by atoms with E-state index in [2.05, 4.69) is 10.2 Å². The molecule has 0 unspecified atom stereocenters. The van der Waals surface area contributed by atoms with E-state index in [1.54, 1.807) is 25.3 Å². The predicted molar refractivity (Wildman–Crippen MR) is 127 cm³/mol. The molecule has 2 aliphatic heterocycles. The van der Waals surface area contributed by atoms with Gasteiger partial charge in [-0.1, -0.05) is 6.07 Å². The number of anilines is 1. The van der Waals surface area contributed by atoms with Crippen molar-refractivity contribution >= 4 is 17.5 Å². The van der Waals surface area contributed by atoms with E-state index in [-0.39, 0.29) is 24.7 Å². The standard InChI is InChI=1S/C25H31N3O6/c1-31-20-3-2-4-21(18-20)32-14-13-27-9-11-28(12-10-27)25(30)8-7-24(29)26-19-5-6-22-23(17-19)34-16-15-33-22/h2-6,17-18H,7-16H2,1H3,(H,26,29). The molecular weight excluding hydrogens is 438 g/mol. The van der Waals surface area contributed by atoms with Gasteiger partial charge in [0.05, 0.1) is 7.11 Å². The van der Waals surface area contributed by atoms with Crippen molar-refractivity contribution in [1.29, 1.82) is 0 Å². The van der Waals surface area contributed by atoms with Crippen LogP contribution in [0.15, 0.2) is 42.5 Å². The molecule has 0 bridgehead atoms. The summed E-state index contributed by atoms with van der Waals surface area (Å²) < 4.78 is 22.0. The van der Waals surface area contributed by atoms with Crippen LogP contribution in [0.25, 0.3) is 0 Å². The molecule has 182 valence electrons. The first-order valence-corrected chi connectivity index (χ1v) is 11.6. The lowest BCUT2D eigenvalue weighted by Gasteiger charge is -2.34. The summed E-state index contributed by atoms with van der Waals surface area (Å²) in [4.78, 5) is 29.0. The Bertz CT molecular complexity index is 990. The lowest BCUT2D eigenvalue weighted by Crippen LogP contribution is -2.49. The van der Waals surface area contributed by atoms with Gasteiger partial charge in [0.15, 0.2) is 11.5 Å². The number of carbonyl (C=O) groups is 2. The quantitative estimate of drug-likeness (QED) is 0.603. The molecule has 2 heterocycles. The highest BCUT2D eigenvalue weighted by Gasteiger charge is 2.21. The minimum absolute atomic E-state index is 0.00426. The Morgan fingerprint density at radius 1 is 0.941 bits per heavy atom. The number of fused-ring (bicyclic) bond motifs is 1. The zero-order valence-electron chi connectivity index (χ0n) is 19.5. The molecule has 0 spiro atoms. The molecule has 1 fully saturated rings. The average Bonchev–Trinajstić information content (AvgIpc) is 2.88. The Morgan fingerprint density at radius 3 is 2.50 bits per heavy atom. The maximum atomic E-state index is 12.6. The molecule has 9 heteroatoms. The van der Waals surface area contributed by atoms with E-state index in [0.29, 0.717) is 50.1 Å². The molecule has 34 heavy (non-hydrogen) atoms. The molecule has 1 saturated heterocycles. The summed E-state index contributed by atoms with van der Waals surface area (Å²) >= 11 is 0. The van der Waals surface area contributed by atoms with Gasteiger partial charge in [-0.25, -0.2) is 0 Å². The zero-order valence-corrected chi connectivity index (χ0v) is 19.5. The molecule has 0 aromatic heterocycles. The van der Waals surface area contributed by atoms with Crippen LogP contribution >= 0.6 is 0 Å². The van der Waals surface area contributed by atoms with Gasteiger partial charge in [-0.3, -0.25) is 14.5 Å². The number of amides is 2. The molecule has 0 saturated carbocycles. The number of methoxy groups -OCH3 is 1. The summed E-state index contributed by atoms with van der Waals surface area (Å²) in [5.41, 5.74) is 0.631. The van der Waals surface area contributed by atoms with Crippen molar-refractivity contribution in [2.24, 2.45) is 0 Å². The molecule has 0 aliphatic carbocycles. The summed E-state index contributed by atoms with van der Waals surface area (Å²) in [6.07, 6.45) is 0.331. The second kappa shape index (κ2) is 11.6. The van der Waals surface area contributed by atoms with Crippen LogP contribution in [-0.4, -0.2) is 81.3 Å². The summed E-state index contributed by atoms with van der Waals surface area (Å²) in [6.45, 7) is 5.25. The van der Waals surface area contributed by atoms with Gasteiger partial charge in [0.25, 0.3) is 0 Å². The van der Waals surface area contributed by atoms with E-state index in [4.69, 9.17) is 18.9 Å². The number of nitrogens with one attached hydrogen (secondary N) is 1. The van der Waals surface area contributed by atoms with E-state index in [1.165, 1.54) is 0 Å². The van der Waals surface area contributed by atoms with Crippen molar-refractivity contribution in [1.82, 2.24) is 9.80 Å². The Hall–Kier alpha value is -3.46. The smallest absolute Gasteiger partial charge is 0.224 e. The first-order valence-electron chi connectivity index (χ1n) is 11.6. The SMILES string of the molecule is COc1cccc(OCCN2CCN(C(=O)CCC(=O)Nc3ccc4c(c3)OCCO4)CC2)c1. The zero-order chi connectivity index (χ0) is 23.8. The Balaban J connectivity index is 1.13. The van der Waals surface area contributed by atoms with Crippen molar-refractivity contribution in [2.45, 2.75) is 12.8 Å². The van der Waals surface area contributed by atoms with Crippen LogP contribution in [0.5, 0.6) is 23.0 Å². The second-order valence-electron chi connectivity index (χ2n) is 8.16. The van der Waals surface area contributed by atoms with E-state index in [9.17, 15) is 9.59 Å². The first kappa shape index (κ1) is 23.7. The normalized spacial score (nSPS) is 15.5. The largest absolute Gasteiger partial charge is 0.497 e. The molecule has 9 nitrogen and oxygen atoms in total. The van der Waals surface area contributed by atoms with Crippen molar-refractivity contribution in [3.8, 4) is 23.0 Å². The Kier molecular flexibility index (Phi) is 8.08. The molecule has 1 N–H and O–H groups in total. The van der Waals surface area contributed by atoms with Crippen molar-refractivity contribution < 1.29 is 28.5 Å². The monoisotopic (exact) mass is 469 g/mol. The molecule has 0 radical (unpaired) electrons. The van der Waals surface area contributed by atoms with Crippen molar-refractivity contribution in [2.75, 3.05) is 65.0 Å². The van der Waals surface area contributed by atoms with Gasteiger partial charge in [0.2, 0.25) is 11.8 Å². The Morgan fingerprint density at radius 2 is 1.71 bits per heavy atom. The summed E-state index contributed by atoms with van der Waals surface area (Å²) in [5, 5.41) is 2.83. The fourth-order valence-electron chi connectivity index (χ4n) is 3.93. The molecule has 0 atom stereocenters. The number of benzene rings is 2. The van der Waals surface area contributed by atoms with Gasteiger partial charge >= 0.3 is 0 Å². The van der Waals surface area contributed by atoms with E-state index in [1.807, 2.05) is 29.2 Å². The van der Waals surface area contributed by atoms with Crippen LogP contribution in [0.1, 0.15) is 12.8 Å². The van der Waals surface area contributed by atoms with Crippen molar-refractivity contribution in [3.63, 3.8) is 0 Å². The molecule has 2 amide bonds. The van der Waals surface area contributed by atoms with Crippen LogP contribution < -0.4 is 24.3 Å². The average molecular weight is 470 g/mol. The van der Waals surface area contributed by atoms with Gasteiger partial charge in [-0.05, 0) is 24.3 Å². The summed E-state index contributed by atoms with van der Waals surface area (Å²) in [5.74, 6) is 2.65. The van der Waals surface area contributed by atoms with Gasteiger partial charge in [-0.2, -0.15) is 0 Å². The fraction of sp³-hybridized carbons (Fsp3) is 0.440. The number of nitrogens with zero attached hydrogens (tertiary/aromatic N) is 2. The lowest BCUT2D eigenvalue weighted by atomic mass is 10.2. The molecule has 4 rings (SSSR count). The van der Waals surface area contributed by atoms with E-state index in [0.717, 1.165) is 31.1 Å². The van der Waals surface area contributed by atoms with Gasteiger partial charge in [0.1, 0.15) is 31.3 Å². The van der Waals surface area contributed by atoms with E-state index < -0.39 is 0 Å². The van der Waals surface area contributed by atoms with Crippen LogP contribution in [0.3, 0.4) is 0 Å². The van der Waals surface area contributed by atoms with Crippen molar-refractivity contribution in [3.05, 3.63) is 42.5 Å². The molecule has 2 aromatic carbocycles. The lowest BCUT2D eigenvalue weighted by molar-refractivity contribution is -0.134. The molecular formula is C25H31N3O6. The third kappa shape index (κ3) is 6.54. The van der Waals surface area contributed by atoms with Gasteiger partial charge in [-0.15, -0.1) is 0 Å². The van der Waals surface area contributed by atoms with Crippen LogP contribution in [0.2, 0.25) is 0 Å². The third-order valence-corrected chi connectivity index (χ3v) is 5.83. The summed E-state index contributed by atoms with van der Waals surface area (Å²) in [6, 6.07) is 12.8. The minimum atomic E-state index is -0.196. The molecule has 2 aromatic rings. The second-order valence-corrected chi connectivity index (χ2v) is 8.16. The highest BCUT2D eigenvalue weighted by Crippen LogP contribution is 2.32. The maximum absolute atomic E-state index is 12.6. The number of ether oxygens (including phenoxy) is 4. The van der Waals surface area contributed by atoms with Gasteiger partial charge < -0.3 is 29.2 Å². The fourth-order valence-corrected chi connectivity index (χ4v) is 3.93. The minimum Gasteiger partial charge on any atom is -0.497 e. The number of rotatable bonds is 9. The number of piperazine rings is 1. The van der Waals surface area contributed by atoms with Crippen LogP contribution in [-0.2, 0) is 9.59 Å². The van der Waals surface area contributed by atoms with Crippen LogP contribution in [0, 0.1) is 0 Å². The number of hydrogen-bond donors (Lipinski definition) is 1. The topological polar surface area (TPSA) is 89.6 Å². The van der Waals surface area contributed by atoms with E-state index >= 15 is 0 Å². The molecule has 2 aliphatic rings. The Labute approximate surface area is 199 Å². The van der Waals surface area contributed by atoms with Gasteiger partial charge in [0, 0.05) is 63.4 Å². The summed E-state index contributed by atoms with van der Waals surface area (Å²) in [7, 11) is 1.63. The maximum Gasteiger partial charge on any atom is 0.224 e. The number of carbonyl (C=O) groups excluding carboxylic acids is 2. The third-order valence-electron chi connectivity index (χ3n) is 5.83. The first-order chi connectivity index (χ1) is 16.6.